The van der Waals surface area contributed by atoms with Crippen LogP contribution in [0.3, 0.4) is 0 Å². The normalized spacial score (nSPS) is 19.1. The highest BCUT2D eigenvalue weighted by atomic mass is 16.6. The molecule has 2 aliphatic rings. The molecule has 162 valence electrons. The van der Waals surface area contributed by atoms with Crippen LogP contribution >= 0.6 is 0 Å². The number of carbonyl (C=O) groups is 3. The first-order valence-electron chi connectivity index (χ1n) is 10.3. The maximum absolute atomic E-state index is 12.8. The smallest absolute Gasteiger partial charge is 0.410 e. The molecule has 1 atom stereocenters. The Kier molecular flexibility index (Phi) is 6.06. The lowest BCUT2D eigenvalue weighted by molar-refractivity contribution is 0.0602. The van der Waals surface area contributed by atoms with Gasteiger partial charge in [0.1, 0.15) is 6.61 Å². The number of nitrogens with zero attached hydrogens (tertiary/aromatic N) is 2. The number of para-hydroxylation sites is 1. The Hall–Kier alpha value is -3.55. The molecule has 0 saturated carbocycles. The average molecular weight is 423 g/mol. The number of ether oxygens (including phenoxy) is 2. The third-order valence-electron chi connectivity index (χ3n) is 5.81. The molecule has 31 heavy (non-hydrogen) atoms. The van der Waals surface area contributed by atoms with Crippen molar-refractivity contribution in [2.45, 2.75) is 24.9 Å². The molecule has 0 bridgehead atoms. The first kappa shape index (κ1) is 20.7. The fourth-order valence-electron chi connectivity index (χ4n) is 4.19. The van der Waals surface area contributed by atoms with E-state index in [4.69, 9.17) is 9.47 Å². The molecule has 4 rings (SSSR count). The molecule has 2 aromatic carbocycles. The summed E-state index contributed by atoms with van der Waals surface area (Å²) in [7, 11) is 1.30. The molecular formula is C23H25N3O5. The summed E-state index contributed by atoms with van der Waals surface area (Å²) in [5, 5.41) is 2.80. The summed E-state index contributed by atoms with van der Waals surface area (Å²) in [6.45, 7) is 1.35. The number of piperidine rings is 1. The quantitative estimate of drug-likeness (QED) is 0.759. The Morgan fingerprint density at radius 1 is 1.03 bits per heavy atom. The molecule has 2 fully saturated rings. The van der Waals surface area contributed by atoms with Crippen molar-refractivity contribution in [3.8, 4) is 0 Å². The van der Waals surface area contributed by atoms with Gasteiger partial charge in [-0.3, -0.25) is 4.90 Å². The molecule has 1 N–H and O–H groups in total. The number of hydrogen-bond donors (Lipinski definition) is 1. The summed E-state index contributed by atoms with van der Waals surface area (Å²) in [6, 6.07) is 16.2. The molecule has 8 heteroatoms. The number of carbonyl (C=O) groups excluding carboxylic acids is 3. The van der Waals surface area contributed by atoms with E-state index in [9.17, 15) is 14.4 Å². The minimum Gasteiger partial charge on any atom is -0.465 e. The predicted molar refractivity (Wildman–Crippen MR) is 114 cm³/mol. The van der Waals surface area contributed by atoms with Crippen LogP contribution in [0.4, 0.5) is 15.3 Å². The van der Waals surface area contributed by atoms with Crippen molar-refractivity contribution < 1.29 is 23.9 Å². The fourth-order valence-corrected chi connectivity index (χ4v) is 4.19. The lowest BCUT2D eigenvalue weighted by Gasteiger charge is -2.37. The standard InChI is InChI=1S/C23H25N3O5/c1-30-21(27)18-9-5-6-10-19(18)24-22(28)25-13-11-17(12-14-25)26-20(15-31-23(26)29)16-7-3-2-4-8-16/h2-10,17,20H,11-15H2,1H3,(H,24,28)/t20-/m0/s1. The van der Waals surface area contributed by atoms with Crippen molar-refractivity contribution in [2.75, 3.05) is 32.1 Å². The number of anilines is 1. The highest BCUT2D eigenvalue weighted by Crippen LogP contribution is 2.33. The van der Waals surface area contributed by atoms with E-state index in [2.05, 4.69) is 5.32 Å². The van der Waals surface area contributed by atoms with E-state index in [1.165, 1.54) is 7.11 Å². The van der Waals surface area contributed by atoms with Crippen LogP contribution in [0.5, 0.6) is 0 Å². The average Bonchev–Trinajstić information content (AvgIpc) is 3.21. The molecule has 2 saturated heterocycles. The van der Waals surface area contributed by atoms with E-state index in [0.717, 1.165) is 5.56 Å². The number of urea groups is 1. The van der Waals surface area contributed by atoms with E-state index in [-0.39, 0.29) is 24.2 Å². The SMILES string of the molecule is COC(=O)c1ccccc1NC(=O)N1CCC(N2C(=O)OC[C@H]2c2ccccc2)CC1. The van der Waals surface area contributed by atoms with Crippen molar-refractivity contribution >= 4 is 23.8 Å². The second-order valence-electron chi connectivity index (χ2n) is 7.60. The number of rotatable bonds is 4. The minimum atomic E-state index is -0.505. The predicted octanol–water partition coefficient (Wildman–Crippen LogP) is 3.66. The Labute approximate surface area is 180 Å². The number of amides is 3. The Morgan fingerprint density at radius 2 is 1.71 bits per heavy atom. The second-order valence-corrected chi connectivity index (χ2v) is 7.60. The van der Waals surface area contributed by atoms with E-state index >= 15 is 0 Å². The first-order valence-corrected chi connectivity index (χ1v) is 10.3. The molecule has 0 aromatic heterocycles. The molecule has 0 aliphatic carbocycles. The number of benzene rings is 2. The van der Waals surface area contributed by atoms with Gasteiger partial charge in [0.05, 0.1) is 24.4 Å². The van der Waals surface area contributed by atoms with Crippen LogP contribution in [0.15, 0.2) is 54.6 Å². The zero-order valence-corrected chi connectivity index (χ0v) is 17.3. The van der Waals surface area contributed by atoms with Crippen LogP contribution in [-0.4, -0.2) is 60.7 Å². The molecule has 0 radical (unpaired) electrons. The van der Waals surface area contributed by atoms with Gasteiger partial charge in [-0.2, -0.15) is 0 Å². The van der Waals surface area contributed by atoms with Crippen LogP contribution < -0.4 is 5.32 Å². The molecule has 2 aromatic rings. The fraction of sp³-hybridized carbons (Fsp3) is 0.348. The van der Waals surface area contributed by atoms with Gasteiger partial charge in [-0.1, -0.05) is 42.5 Å². The van der Waals surface area contributed by atoms with Gasteiger partial charge >= 0.3 is 18.1 Å². The summed E-state index contributed by atoms with van der Waals surface area (Å²) < 4.78 is 10.1. The van der Waals surface area contributed by atoms with Gasteiger partial charge in [0.25, 0.3) is 0 Å². The van der Waals surface area contributed by atoms with Gasteiger partial charge in [0.15, 0.2) is 0 Å². The van der Waals surface area contributed by atoms with E-state index in [0.29, 0.717) is 43.8 Å². The van der Waals surface area contributed by atoms with Gasteiger partial charge in [0.2, 0.25) is 0 Å². The molecule has 0 unspecified atom stereocenters. The third-order valence-corrected chi connectivity index (χ3v) is 5.81. The monoisotopic (exact) mass is 423 g/mol. The van der Waals surface area contributed by atoms with Crippen LogP contribution in [0, 0.1) is 0 Å². The van der Waals surface area contributed by atoms with Crippen molar-refractivity contribution in [3.63, 3.8) is 0 Å². The Bertz CT molecular complexity index is 957. The van der Waals surface area contributed by atoms with Gasteiger partial charge in [-0.05, 0) is 30.5 Å². The highest BCUT2D eigenvalue weighted by molar-refractivity contribution is 6.00. The molecule has 2 heterocycles. The molecular weight excluding hydrogens is 398 g/mol. The van der Waals surface area contributed by atoms with Crippen LogP contribution in [0.2, 0.25) is 0 Å². The first-order chi connectivity index (χ1) is 15.1. The number of hydrogen-bond acceptors (Lipinski definition) is 5. The van der Waals surface area contributed by atoms with Crippen LogP contribution in [0.1, 0.15) is 34.8 Å². The van der Waals surface area contributed by atoms with Crippen molar-refractivity contribution in [2.24, 2.45) is 0 Å². The van der Waals surface area contributed by atoms with Crippen molar-refractivity contribution in [1.82, 2.24) is 9.80 Å². The summed E-state index contributed by atoms with van der Waals surface area (Å²) >= 11 is 0. The largest absolute Gasteiger partial charge is 0.465 e. The summed E-state index contributed by atoms with van der Waals surface area (Å²) in [5.74, 6) is -0.505. The highest BCUT2D eigenvalue weighted by Gasteiger charge is 2.40. The Morgan fingerprint density at radius 3 is 2.42 bits per heavy atom. The lowest BCUT2D eigenvalue weighted by atomic mass is 9.99. The molecule has 8 nitrogen and oxygen atoms in total. The molecule has 3 amide bonds. The number of likely N-dealkylation sites (tertiary alicyclic amines) is 1. The van der Waals surface area contributed by atoms with Crippen LogP contribution in [0.25, 0.3) is 0 Å². The van der Waals surface area contributed by atoms with Crippen molar-refractivity contribution in [1.29, 1.82) is 0 Å². The number of methoxy groups -OCH3 is 1. The van der Waals surface area contributed by atoms with Crippen LogP contribution in [-0.2, 0) is 9.47 Å². The van der Waals surface area contributed by atoms with E-state index in [1.807, 2.05) is 35.2 Å². The van der Waals surface area contributed by atoms with Gasteiger partial charge in [-0.15, -0.1) is 0 Å². The molecule has 0 spiro atoms. The van der Waals surface area contributed by atoms with Gasteiger partial charge < -0.3 is 19.7 Å². The lowest BCUT2D eigenvalue weighted by Crippen LogP contribution is -2.48. The zero-order chi connectivity index (χ0) is 21.8. The maximum atomic E-state index is 12.8. The number of nitrogens with one attached hydrogen (secondary N) is 1. The third kappa shape index (κ3) is 4.33. The summed E-state index contributed by atoms with van der Waals surface area (Å²) in [6.07, 6.45) is 1.01. The maximum Gasteiger partial charge on any atom is 0.410 e. The second kappa shape index (κ2) is 9.07. The minimum absolute atomic E-state index is 0.00612. The summed E-state index contributed by atoms with van der Waals surface area (Å²) in [5.41, 5.74) is 1.76. The summed E-state index contributed by atoms with van der Waals surface area (Å²) in [4.78, 5) is 40.6. The zero-order valence-electron chi connectivity index (χ0n) is 17.3. The van der Waals surface area contributed by atoms with Gasteiger partial charge in [0, 0.05) is 19.1 Å². The van der Waals surface area contributed by atoms with Gasteiger partial charge in [-0.25, -0.2) is 14.4 Å². The topological polar surface area (TPSA) is 88.2 Å². The van der Waals surface area contributed by atoms with Crippen molar-refractivity contribution in [3.05, 3.63) is 65.7 Å². The number of esters is 1. The van der Waals surface area contributed by atoms with E-state index in [1.54, 1.807) is 29.2 Å². The number of cyclic esters (lactones) is 1. The molecule has 2 aliphatic heterocycles. The Balaban J connectivity index is 1.39. The van der Waals surface area contributed by atoms with E-state index < -0.39 is 5.97 Å².